The number of pyridine rings is 1. The Morgan fingerprint density at radius 1 is 1.64 bits per heavy atom. The van der Waals surface area contributed by atoms with Gasteiger partial charge in [-0.05, 0) is 18.6 Å². The van der Waals surface area contributed by atoms with Crippen LogP contribution in [-0.4, -0.2) is 22.8 Å². The standard InChI is InChI=1S/C10H11NO2S/c12-10-4-3-8(13-10)7-14-9-2-1-5-11-6-9/h1-2,5-6,8H,3-4,7H2. The summed E-state index contributed by atoms with van der Waals surface area (Å²) in [6, 6.07) is 3.91. The third-order valence-corrected chi connectivity index (χ3v) is 3.15. The summed E-state index contributed by atoms with van der Waals surface area (Å²) in [5.41, 5.74) is 0. The molecule has 1 aliphatic rings. The minimum atomic E-state index is -0.0678. The van der Waals surface area contributed by atoms with Gasteiger partial charge in [0.2, 0.25) is 0 Å². The first kappa shape index (κ1) is 9.52. The van der Waals surface area contributed by atoms with Crippen molar-refractivity contribution < 1.29 is 9.53 Å². The van der Waals surface area contributed by atoms with Gasteiger partial charge in [0.1, 0.15) is 6.10 Å². The van der Waals surface area contributed by atoms with E-state index in [1.807, 2.05) is 18.3 Å². The molecule has 74 valence electrons. The number of carbonyl (C=O) groups excluding carboxylic acids is 1. The quantitative estimate of drug-likeness (QED) is 0.563. The zero-order chi connectivity index (χ0) is 9.80. The largest absolute Gasteiger partial charge is 0.461 e. The first-order valence-corrected chi connectivity index (χ1v) is 5.55. The molecule has 1 fully saturated rings. The lowest BCUT2D eigenvalue weighted by Crippen LogP contribution is -2.09. The summed E-state index contributed by atoms with van der Waals surface area (Å²) >= 11 is 1.68. The molecule has 0 aliphatic carbocycles. The normalized spacial score (nSPS) is 20.9. The van der Waals surface area contributed by atoms with Gasteiger partial charge in [-0.1, -0.05) is 0 Å². The third-order valence-electron chi connectivity index (χ3n) is 2.04. The second kappa shape index (κ2) is 4.46. The molecule has 1 aliphatic heterocycles. The molecule has 14 heavy (non-hydrogen) atoms. The maximum atomic E-state index is 10.8. The molecule has 0 spiro atoms. The van der Waals surface area contributed by atoms with Gasteiger partial charge in [-0.2, -0.15) is 0 Å². The van der Waals surface area contributed by atoms with E-state index in [1.54, 1.807) is 18.0 Å². The van der Waals surface area contributed by atoms with Crippen LogP contribution in [0.2, 0.25) is 0 Å². The van der Waals surface area contributed by atoms with Crippen LogP contribution in [0.15, 0.2) is 29.4 Å². The van der Waals surface area contributed by atoms with Crippen LogP contribution < -0.4 is 0 Å². The van der Waals surface area contributed by atoms with Crippen molar-refractivity contribution in [2.45, 2.75) is 23.8 Å². The second-order valence-electron chi connectivity index (χ2n) is 3.15. The Balaban J connectivity index is 1.80. The molecule has 3 nitrogen and oxygen atoms in total. The first-order chi connectivity index (χ1) is 6.84. The summed E-state index contributed by atoms with van der Waals surface area (Å²) in [4.78, 5) is 16.0. The summed E-state index contributed by atoms with van der Waals surface area (Å²) in [5.74, 6) is 0.763. The topological polar surface area (TPSA) is 39.2 Å². The molecule has 2 heterocycles. The lowest BCUT2D eigenvalue weighted by atomic mass is 10.3. The van der Waals surface area contributed by atoms with Crippen LogP contribution in [0.1, 0.15) is 12.8 Å². The summed E-state index contributed by atoms with van der Waals surface area (Å²) in [6.07, 6.45) is 5.08. The highest BCUT2D eigenvalue weighted by molar-refractivity contribution is 7.99. The van der Waals surface area contributed by atoms with E-state index in [1.165, 1.54) is 0 Å². The molecule has 0 bridgehead atoms. The molecule has 2 rings (SSSR count). The van der Waals surface area contributed by atoms with Crippen molar-refractivity contribution in [3.05, 3.63) is 24.5 Å². The van der Waals surface area contributed by atoms with Crippen LogP contribution in [0, 0.1) is 0 Å². The van der Waals surface area contributed by atoms with Crippen LogP contribution >= 0.6 is 11.8 Å². The molecule has 1 aromatic rings. The maximum absolute atomic E-state index is 10.8. The van der Waals surface area contributed by atoms with Crippen LogP contribution in [-0.2, 0) is 9.53 Å². The Labute approximate surface area is 86.9 Å². The van der Waals surface area contributed by atoms with Crippen LogP contribution in [0.3, 0.4) is 0 Å². The number of cyclic esters (lactones) is 1. The molecule has 0 amide bonds. The molecule has 4 heteroatoms. The fourth-order valence-corrected chi connectivity index (χ4v) is 2.24. The van der Waals surface area contributed by atoms with Crippen molar-refractivity contribution in [1.82, 2.24) is 4.98 Å². The molecule has 1 saturated heterocycles. The fraction of sp³-hybridized carbons (Fsp3) is 0.400. The highest BCUT2D eigenvalue weighted by Gasteiger charge is 2.22. The zero-order valence-corrected chi connectivity index (χ0v) is 8.50. The van der Waals surface area contributed by atoms with Gasteiger partial charge in [-0.25, -0.2) is 0 Å². The predicted molar refractivity (Wildman–Crippen MR) is 54.1 cm³/mol. The van der Waals surface area contributed by atoms with Crippen molar-refractivity contribution in [1.29, 1.82) is 0 Å². The van der Waals surface area contributed by atoms with Crippen molar-refractivity contribution in [2.75, 3.05) is 5.75 Å². The summed E-state index contributed by atoms with van der Waals surface area (Å²) in [7, 11) is 0. The van der Waals surface area contributed by atoms with E-state index in [0.29, 0.717) is 6.42 Å². The van der Waals surface area contributed by atoms with Crippen LogP contribution in [0.5, 0.6) is 0 Å². The van der Waals surface area contributed by atoms with E-state index in [2.05, 4.69) is 4.98 Å². The van der Waals surface area contributed by atoms with E-state index >= 15 is 0 Å². The van der Waals surface area contributed by atoms with Gasteiger partial charge in [-0.3, -0.25) is 9.78 Å². The van der Waals surface area contributed by atoms with Crippen molar-refractivity contribution in [3.8, 4) is 0 Å². The second-order valence-corrected chi connectivity index (χ2v) is 4.24. The fourth-order valence-electron chi connectivity index (χ4n) is 1.32. The Kier molecular flexibility index (Phi) is 3.03. The van der Waals surface area contributed by atoms with Gasteiger partial charge in [0.25, 0.3) is 0 Å². The molecule has 0 N–H and O–H groups in total. The average Bonchev–Trinajstić information content (AvgIpc) is 2.63. The Hall–Kier alpha value is -1.03. The number of hydrogen-bond acceptors (Lipinski definition) is 4. The molecule has 1 aromatic heterocycles. The SMILES string of the molecule is O=C1CCC(CSc2cccnc2)O1. The van der Waals surface area contributed by atoms with E-state index < -0.39 is 0 Å². The van der Waals surface area contributed by atoms with Crippen LogP contribution in [0.25, 0.3) is 0 Å². The van der Waals surface area contributed by atoms with E-state index in [-0.39, 0.29) is 12.1 Å². The monoisotopic (exact) mass is 209 g/mol. The molecule has 1 unspecified atom stereocenters. The molecule has 0 aromatic carbocycles. The minimum absolute atomic E-state index is 0.0678. The van der Waals surface area contributed by atoms with Crippen LogP contribution in [0.4, 0.5) is 0 Å². The number of hydrogen-bond donors (Lipinski definition) is 0. The minimum Gasteiger partial charge on any atom is -0.461 e. The van der Waals surface area contributed by atoms with E-state index in [9.17, 15) is 4.79 Å². The summed E-state index contributed by atoms with van der Waals surface area (Å²) < 4.78 is 5.10. The van der Waals surface area contributed by atoms with Crippen molar-refractivity contribution in [3.63, 3.8) is 0 Å². The number of esters is 1. The number of nitrogens with zero attached hydrogens (tertiary/aromatic N) is 1. The average molecular weight is 209 g/mol. The summed E-state index contributed by atoms with van der Waals surface area (Å²) in [5, 5.41) is 0. The summed E-state index contributed by atoms with van der Waals surface area (Å²) in [6.45, 7) is 0. The van der Waals surface area contributed by atoms with Gasteiger partial charge in [0.05, 0.1) is 0 Å². The van der Waals surface area contributed by atoms with Gasteiger partial charge in [-0.15, -0.1) is 11.8 Å². The predicted octanol–water partition coefficient (Wildman–Crippen LogP) is 1.88. The van der Waals surface area contributed by atoms with Gasteiger partial charge < -0.3 is 4.74 Å². The first-order valence-electron chi connectivity index (χ1n) is 4.57. The molecule has 0 radical (unpaired) electrons. The number of rotatable bonds is 3. The van der Waals surface area contributed by atoms with Crippen molar-refractivity contribution >= 4 is 17.7 Å². The Morgan fingerprint density at radius 3 is 3.21 bits per heavy atom. The molecule has 1 atom stereocenters. The van der Waals surface area contributed by atoms with E-state index in [0.717, 1.165) is 17.1 Å². The van der Waals surface area contributed by atoms with E-state index in [4.69, 9.17) is 4.74 Å². The number of ether oxygens (including phenoxy) is 1. The highest BCUT2D eigenvalue weighted by Crippen LogP contribution is 2.23. The van der Waals surface area contributed by atoms with Gasteiger partial charge in [0.15, 0.2) is 0 Å². The van der Waals surface area contributed by atoms with Gasteiger partial charge >= 0.3 is 5.97 Å². The Morgan fingerprint density at radius 2 is 2.57 bits per heavy atom. The molecule has 0 saturated carbocycles. The highest BCUT2D eigenvalue weighted by atomic mass is 32.2. The zero-order valence-electron chi connectivity index (χ0n) is 7.68. The molecular weight excluding hydrogens is 198 g/mol. The lowest BCUT2D eigenvalue weighted by Gasteiger charge is -2.07. The van der Waals surface area contributed by atoms with Gasteiger partial charge in [0, 0.05) is 29.5 Å². The number of thioether (sulfide) groups is 1. The number of aromatic nitrogens is 1. The lowest BCUT2D eigenvalue weighted by molar-refractivity contribution is -0.140. The van der Waals surface area contributed by atoms with Crippen molar-refractivity contribution in [2.24, 2.45) is 0 Å². The smallest absolute Gasteiger partial charge is 0.306 e. The third kappa shape index (κ3) is 2.48. The Bertz CT molecular complexity index is 315. The molecular formula is C10H11NO2S. The maximum Gasteiger partial charge on any atom is 0.306 e. The number of carbonyl (C=O) groups is 1.